The van der Waals surface area contributed by atoms with Crippen LogP contribution < -0.4 is 10.7 Å². The standard InChI is InChI=1S/C12H19N3O/c1-8-6-13-7-11(8)12(16)14-15-9(2)4-5-10(15)3/h4-5,8,11,13H,6-7H2,1-3H3,(H,14,16). The molecular formula is C12H19N3O. The molecule has 1 aromatic heterocycles. The van der Waals surface area contributed by atoms with Gasteiger partial charge in [-0.25, -0.2) is 0 Å². The second kappa shape index (κ2) is 4.29. The maximum atomic E-state index is 12.1. The number of nitrogens with one attached hydrogen (secondary N) is 2. The zero-order chi connectivity index (χ0) is 11.7. The number of hydrogen-bond donors (Lipinski definition) is 2. The number of carbonyl (C=O) groups is 1. The third-order valence-corrected chi connectivity index (χ3v) is 3.35. The highest BCUT2D eigenvalue weighted by atomic mass is 16.2. The monoisotopic (exact) mass is 221 g/mol. The maximum absolute atomic E-state index is 12.1. The molecule has 1 aromatic rings. The van der Waals surface area contributed by atoms with Crippen LogP contribution in [0.5, 0.6) is 0 Å². The van der Waals surface area contributed by atoms with Gasteiger partial charge in [0.1, 0.15) is 0 Å². The molecule has 0 radical (unpaired) electrons. The van der Waals surface area contributed by atoms with Crippen LogP contribution in [0, 0.1) is 25.7 Å². The summed E-state index contributed by atoms with van der Waals surface area (Å²) in [4.78, 5) is 12.1. The van der Waals surface area contributed by atoms with Gasteiger partial charge in [0.25, 0.3) is 0 Å². The normalized spacial score (nSPS) is 24.7. The van der Waals surface area contributed by atoms with Gasteiger partial charge in [-0.2, -0.15) is 0 Å². The lowest BCUT2D eigenvalue weighted by Gasteiger charge is -2.17. The average molecular weight is 221 g/mol. The van der Waals surface area contributed by atoms with Crippen molar-refractivity contribution in [1.29, 1.82) is 0 Å². The molecule has 2 N–H and O–H groups in total. The largest absolute Gasteiger partial charge is 0.316 e. The van der Waals surface area contributed by atoms with Gasteiger partial charge in [-0.15, -0.1) is 0 Å². The van der Waals surface area contributed by atoms with E-state index in [1.165, 1.54) is 0 Å². The first-order valence-electron chi connectivity index (χ1n) is 5.76. The first-order valence-corrected chi connectivity index (χ1v) is 5.76. The summed E-state index contributed by atoms with van der Waals surface area (Å²) < 4.78 is 1.85. The molecule has 1 fully saturated rings. The summed E-state index contributed by atoms with van der Waals surface area (Å²) in [6.07, 6.45) is 0. The molecule has 16 heavy (non-hydrogen) atoms. The molecule has 0 spiro atoms. The van der Waals surface area contributed by atoms with Crippen molar-refractivity contribution in [2.24, 2.45) is 11.8 Å². The Bertz CT molecular complexity index is 377. The third-order valence-electron chi connectivity index (χ3n) is 3.35. The number of hydrogen-bond acceptors (Lipinski definition) is 2. The van der Waals surface area contributed by atoms with Gasteiger partial charge in [0.2, 0.25) is 5.91 Å². The van der Waals surface area contributed by atoms with E-state index in [2.05, 4.69) is 17.7 Å². The van der Waals surface area contributed by atoms with Gasteiger partial charge in [-0.3, -0.25) is 14.9 Å². The quantitative estimate of drug-likeness (QED) is 0.783. The van der Waals surface area contributed by atoms with Crippen molar-refractivity contribution in [3.8, 4) is 0 Å². The van der Waals surface area contributed by atoms with Gasteiger partial charge in [0, 0.05) is 17.9 Å². The maximum Gasteiger partial charge on any atom is 0.243 e. The topological polar surface area (TPSA) is 46.1 Å². The van der Waals surface area contributed by atoms with E-state index in [9.17, 15) is 4.79 Å². The average Bonchev–Trinajstić information content (AvgIpc) is 2.79. The van der Waals surface area contributed by atoms with Gasteiger partial charge in [-0.05, 0) is 38.4 Å². The van der Waals surface area contributed by atoms with Crippen LogP contribution >= 0.6 is 0 Å². The summed E-state index contributed by atoms with van der Waals surface area (Å²) in [5.74, 6) is 0.609. The van der Waals surface area contributed by atoms with E-state index >= 15 is 0 Å². The summed E-state index contributed by atoms with van der Waals surface area (Å²) in [5.41, 5.74) is 5.09. The lowest BCUT2D eigenvalue weighted by atomic mass is 9.98. The highest BCUT2D eigenvalue weighted by Crippen LogP contribution is 2.16. The lowest BCUT2D eigenvalue weighted by Crippen LogP contribution is -2.34. The van der Waals surface area contributed by atoms with Gasteiger partial charge in [0.15, 0.2) is 0 Å². The lowest BCUT2D eigenvalue weighted by molar-refractivity contribution is -0.121. The Hall–Kier alpha value is -1.29. The molecule has 0 aliphatic carbocycles. The number of aromatic nitrogens is 1. The first kappa shape index (κ1) is 11.2. The third kappa shape index (κ3) is 1.97. The zero-order valence-electron chi connectivity index (χ0n) is 10.1. The minimum absolute atomic E-state index is 0.0844. The van der Waals surface area contributed by atoms with Gasteiger partial charge < -0.3 is 5.32 Å². The Morgan fingerprint density at radius 1 is 1.38 bits per heavy atom. The molecule has 2 heterocycles. The minimum atomic E-state index is 0.0844. The Morgan fingerprint density at radius 2 is 2.00 bits per heavy atom. The van der Waals surface area contributed by atoms with Crippen LogP contribution in [0.3, 0.4) is 0 Å². The summed E-state index contributed by atoms with van der Waals surface area (Å²) in [7, 11) is 0. The van der Waals surface area contributed by atoms with E-state index in [0.717, 1.165) is 24.5 Å². The molecule has 2 unspecified atom stereocenters. The van der Waals surface area contributed by atoms with E-state index in [1.54, 1.807) is 0 Å². The predicted octanol–water partition coefficient (Wildman–Crippen LogP) is 1.03. The van der Waals surface area contributed by atoms with Gasteiger partial charge >= 0.3 is 0 Å². The van der Waals surface area contributed by atoms with Crippen molar-refractivity contribution in [2.45, 2.75) is 20.8 Å². The molecule has 0 saturated carbocycles. The van der Waals surface area contributed by atoms with Gasteiger partial charge in [-0.1, -0.05) is 6.92 Å². The second-order valence-corrected chi connectivity index (χ2v) is 4.67. The number of amides is 1. The van der Waals surface area contributed by atoms with Crippen LogP contribution in [0.15, 0.2) is 12.1 Å². The summed E-state index contributed by atoms with van der Waals surface area (Å²) >= 11 is 0. The Labute approximate surface area is 96.0 Å². The van der Waals surface area contributed by atoms with Crippen molar-refractivity contribution in [3.05, 3.63) is 23.5 Å². The number of rotatable bonds is 2. The summed E-state index contributed by atoms with van der Waals surface area (Å²) in [6, 6.07) is 4.01. The van der Waals surface area contributed by atoms with Crippen molar-refractivity contribution in [2.75, 3.05) is 18.5 Å². The molecule has 0 aromatic carbocycles. The van der Waals surface area contributed by atoms with Crippen LogP contribution in [0.1, 0.15) is 18.3 Å². The summed E-state index contributed by atoms with van der Waals surface area (Å²) in [6.45, 7) is 7.81. The summed E-state index contributed by atoms with van der Waals surface area (Å²) in [5, 5.41) is 3.24. The second-order valence-electron chi connectivity index (χ2n) is 4.67. The van der Waals surface area contributed by atoms with E-state index in [1.807, 2.05) is 30.7 Å². The predicted molar refractivity (Wildman–Crippen MR) is 63.8 cm³/mol. The van der Waals surface area contributed by atoms with Crippen molar-refractivity contribution < 1.29 is 4.79 Å². The molecule has 0 bridgehead atoms. The van der Waals surface area contributed by atoms with Crippen LogP contribution in [0.25, 0.3) is 0 Å². The first-order chi connectivity index (χ1) is 7.59. The molecular weight excluding hydrogens is 202 g/mol. The Kier molecular flexibility index (Phi) is 3.01. The van der Waals surface area contributed by atoms with Gasteiger partial charge in [0.05, 0.1) is 5.92 Å². The van der Waals surface area contributed by atoms with Crippen molar-refractivity contribution in [1.82, 2.24) is 9.99 Å². The zero-order valence-corrected chi connectivity index (χ0v) is 10.1. The van der Waals surface area contributed by atoms with E-state index in [4.69, 9.17) is 0 Å². The molecule has 88 valence electrons. The Morgan fingerprint density at radius 3 is 2.50 bits per heavy atom. The van der Waals surface area contributed by atoms with Crippen LogP contribution in [-0.2, 0) is 4.79 Å². The SMILES string of the molecule is Cc1ccc(C)n1NC(=O)C1CNCC1C. The number of aryl methyl sites for hydroxylation is 2. The fourth-order valence-corrected chi connectivity index (χ4v) is 2.20. The fraction of sp³-hybridized carbons (Fsp3) is 0.583. The minimum Gasteiger partial charge on any atom is -0.316 e. The number of nitrogens with zero attached hydrogens (tertiary/aromatic N) is 1. The van der Waals surface area contributed by atoms with Crippen LogP contribution in [-0.4, -0.2) is 23.7 Å². The molecule has 4 nitrogen and oxygen atoms in total. The molecule has 2 rings (SSSR count). The van der Waals surface area contributed by atoms with E-state index < -0.39 is 0 Å². The molecule has 1 aliphatic rings. The van der Waals surface area contributed by atoms with Crippen molar-refractivity contribution in [3.63, 3.8) is 0 Å². The van der Waals surface area contributed by atoms with Crippen LogP contribution in [0.4, 0.5) is 0 Å². The van der Waals surface area contributed by atoms with E-state index in [-0.39, 0.29) is 11.8 Å². The highest BCUT2D eigenvalue weighted by Gasteiger charge is 2.29. The Balaban J connectivity index is 2.07. The highest BCUT2D eigenvalue weighted by molar-refractivity contribution is 5.86. The molecule has 4 heteroatoms. The van der Waals surface area contributed by atoms with Crippen molar-refractivity contribution >= 4 is 5.91 Å². The molecule has 1 saturated heterocycles. The molecule has 1 amide bonds. The van der Waals surface area contributed by atoms with Crippen LogP contribution in [0.2, 0.25) is 0 Å². The fourth-order valence-electron chi connectivity index (χ4n) is 2.20. The van der Waals surface area contributed by atoms with E-state index in [0.29, 0.717) is 5.92 Å². The number of carbonyl (C=O) groups excluding carboxylic acids is 1. The molecule has 2 atom stereocenters. The molecule has 1 aliphatic heterocycles. The smallest absolute Gasteiger partial charge is 0.243 e.